The van der Waals surface area contributed by atoms with Crippen LogP contribution >= 0.6 is 0 Å². The average Bonchev–Trinajstić information content (AvgIpc) is 3.52. The highest BCUT2D eigenvalue weighted by atomic mass is 15.1. The molecular formula is C52H39N. The third-order valence-corrected chi connectivity index (χ3v) is 11.8. The van der Waals surface area contributed by atoms with Crippen molar-refractivity contribution in [2.75, 3.05) is 4.90 Å². The topological polar surface area (TPSA) is 3.24 Å². The SMILES string of the molecule is CC1(C)c2ccccc2C2(c3ccccc3-c3cc(-c4ccc(N(c5ccccc5)c5ccc(-c6ccccc6)cc5)cc4)ccc32)c2ccccc21. The molecule has 0 saturated carbocycles. The molecule has 0 unspecified atom stereocenters. The van der Waals surface area contributed by atoms with Gasteiger partial charge in [0, 0.05) is 22.5 Å². The third-order valence-electron chi connectivity index (χ3n) is 11.8. The Labute approximate surface area is 312 Å². The molecule has 0 saturated heterocycles. The van der Waals surface area contributed by atoms with E-state index in [0.717, 1.165) is 17.1 Å². The number of benzene rings is 8. The lowest BCUT2D eigenvalue weighted by atomic mass is 9.55. The van der Waals surface area contributed by atoms with E-state index in [1.54, 1.807) is 0 Å². The second-order valence-corrected chi connectivity index (χ2v) is 14.9. The number of fused-ring (bicyclic) bond motifs is 9. The Kier molecular flexibility index (Phi) is 7.13. The molecule has 0 bridgehead atoms. The van der Waals surface area contributed by atoms with Crippen molar-refractivity contribution in [3.05, 3.63) is 234 Å². The van der Waals surface area contributed by atoms with Gasteiger partial charge in [0.1, 0.15) is 0 Å². The molecule has 0 radical (unpaired) electrons. The van der Waals surface area contributed by atoms with E-state index in [1.165, 1.54) is 66.8 Å². The van der Waals surface area contributed by atoms with Gasteiger partial charge in [-0.1, -0.05) is 172 Å². The summed E-state index contributed by atoms with van der Waals surface area (Å²) >= 11 is 0. The van der Waals surface area contributed by atoms with Crippen molar-refractivity contribution in [1.82, 2.24) is 0 Å². The Hall–Kier alpha value is -6.44. The third kappa shape index (κ3) is 4.70. The zero-order chi connectivity index (χ0) is 35.6. The number of anilines is 3. The largest absolute Gasteiger partial charge is 0.311 e. The highest BCUT2D eigenvalue weighted by molar-refractivity contribution is 5.91. The first-order valence-corrected chi connectivity index (χ1v) is 18.6. The van der Waals surface area contributed by atoms with Gasteiger partial charge in [-0.3, -0.25) is 0 Å². The van der Waals surface area contributed by atoms with Gasteiger partial charge in [0.25, 0.3) is 0 Å². The molecular weight excluding hydrogens is 639 g/mol. The monoisotopic (exact) mass is 677 g/mol. The minimum Gasteiger partial charge on any atom is -0.311 e. The van der Waals surface area contributed by atoms with E-state index in [0.29, 0.717) is 0 Å². The summed E-state index contributed by atoms with van der Waals surface area (Å²) in [5.74, 6) is 0. The molecule has 0 atom stereocenters. The van der Waals surface area contributed by atoms with Gasteiger partial charge in [-0.15, -0.1) is 0 Å². The lowest BCUT2D eigenvalue weighted by Gasteiger charge is -2.46. The zero-order valence-electron chi connectivity index (χ0n) is 30.0. The summed E-state index contributed by atoms with van der Waals surface area (Å²) in [4.78, 5) is 2.33. The lowest BCUT2D eigenvalue weighted by Crippen LogP contribution is -2.40. The first-order valence-electron chi connectivity index (χ1n) is 18.6. The van der Waals surface area contributed by atoms with Gasteiger partial charge in [0.2, 0.25) is 0 Å². The Bertz CT molecular complexity index is 2570. The normalized spacial score (nSPS) is 14.2. The van der Waals surface area contributed by atoms with Crippen molar-refractivity contribution in [3.63, 3.8) is 0 Å². The van der Waals surface area contributed by atoms with Gasteiger partial charge >= 0.3 is 0 Å². The molecule has 1 nitrogen and oxygen atoms in total. The van der Waals surface area contributed by atoms with E-state index in [9.17, 15) is 0 Å². The number of hydrogen-bond acceptors (Lipinski definition) is 1. The Morgan fingerprint density at radius 1 is 0.302 bits per heavy atom. The summed E-state index contributed by atoms with van der Waals surface area (Å²) < 4.78 is 0. The molecule has 1 heteroatoms. The molecule has 0 fully saturated rings. The first kappa shape index (κ1) is 31.3. The molecule has 8 aromatic carbocycles. The second kappa shape index (κ2) is 12.1. The van der Waals surface area contributed by atoms with Crippen LogP contribution in [0.15, 0.2) is 200 Å². The molecule has 0 aromatic heterocycles. The molecule has 53 heavy (non-hydrogen) atoms. The second-order valence-electron chi connectivity index (χ2n) is 14.9. The van der Waals surface area contributed by atoms with Gasteiger partial charge in [-0.05, 0) is 109 Å². The first-order chi connectivity index (χ1) is 26.0. The molecule has 0 amide bonds. The van der Waals surface area contributed by atoms with Crippen LogP contribution in [0.25, 0.3) is 33.4 Å². The Balaban J connectivity index is 1.08. The predicted molar refractivity (Wildman–Crippen MR) is 221 cm³/mol. The van der Waals surface area contributed by atoms with Crippen LogP contribution in [0, 0.1) is 0 Å². The Morgan fingerprint density at radius 2 is 0.698 bits per heavy atom. The minimum absolute atomic E-state index is 0.102. The molecule has 10 rings (SSSR count). The van der Waals surface area contributed by atoms with E-state index in [4.69, 9.17) is 0 Å². The highest BCUT2D eigenvalue weighted by Crippen LogP contribution is 2.62. The summed E-state index contributed by atoms with van der Waals surface area (Å²) in [6.07, 6.45) is 0. The van der Waals surface area contributed by atoms with Crippen molar-refractivity contribution in [3.8, 4) is 33.4 Å². The highest BCUT2D eigenvalue weighted by Gasteiger charge is 2.53. The lowest BCUT2D eigenvalue weighted by molar-refractivity contribution is 0.563. The van der Waals surface area contributed by atoms with Crippen molar-refractivity contribution in [2.24, 2.45) is 0 Å². The van der Waals surface area contributed by atoms with Crippen molar-refractivity contribution in [1.29, 1.82) is 0 Å². The van der Waals surface area contributed by atoms with Gasteiger partial charge < -0.3 is 4.90 Å². The van der Waals surface area contributed by atoms with Crippen molar-refractivity contribution < 1.29 is 0 Å². The Morgan fingerprint density at radius 3 is 1.28 bits per heavy atom. The van der Waals surface area contributed by atoms with Gasteiger partial charge in [-0.2, -0.15) is 0 Å². The quantitative estimate of drug-likeness (QED) is 0.175. The molecule has 0 aliphatic heterocycles. The van der Waals surface area contributed by atoms with Crippen LogP contribution in [0.4, 0.5) is 17.1 Å². The number of para-hydroxylation sites is 1. The van der Waals surface area contributed by atoms with E-state index >= 15 is 0 Å². The number of hydrogen-bond donors (Lipinski definition) is 0. The number of rotatable bonds is 5. The van der Waals surface area contributed by atoms with Crippen LogP contribution in [0.2, 0.25) is 0 Å². The fraction of sp³-hybridized carbons (Fsp3) is 0.0769. The summed E-state index contributed by atoms with van der Waals surface area (Å²) in [6, 6.07) is 73.7. The molecule has 0 heterocycles. The maximum Gasteiger partial charge on any atom is 0.0719 e. The molecule has 8 aromatic rings. The fourth-order valence-corrected chi connectivity index (χ4v) is 9.31. The van der Waals surface area contributed by atoms with Crippen molar-refractivity contribution in [2.45, 2.75) is 24.7 Å². The minimum atomic E-state index is -0.372. The maximum absolute atomic E-state index is 2.43. The van der Waals surface area contributed by atoms with Crippen LogP contribution in [-0.4, -0.2) is 0 Å². The predicted octanol–water partition coefficient (Wildman–Crippen LogP) is 13.5. The molecule has 2 aliphatic rings. The van der Waals surface area contributed by atoms with E-state index in [2.05, 4.69) is 219 Å². The van der Waals surface area contributed by atoms with Crippen LogP contribution in [0.1, 0.15) is 47.2 Å². The van der Waals surface area contributed by atoms with Crippen molar-refractivity contribution >= 4 is 17.1 Å². The van der Waals surface area contributed by atoms with Gasteiger partial charge in [0.05, 0.1) is 5.41 Å². The fourth-order valence-electron chi connectivity index (χ4n) is 9.31. The summed E-state index contributed by atoms with van der Waals surface area (Å²) in [6.45, 7) is 4.76. The van der Waals surface area contributed by atoms with Gasteiger partial charge in [-0.25, -0.2) is 0 Å². The molecule has 2 aliphatic carbocycles. The van der Waals surface area contributed by atoms with E-state index in [-0.39, 0.29) is 10.8 Å². The molecule has 252 valence electrons. The van der Waals surface area contributed by atoms with E-state index < -0.39 is 0 Å². The summed E-state index contributed by atoms with van der Waals surface area (Å²) in [7, 11) is 0. The van der Waals surface area contributed by atoms with Gasteiger partial charge in [0.15, 0.2) is 0 Å². The molecule has 1 spiro atoms. The van der Waals surface area contributed by atoms with Crippen LogP contribution in [0.3, 0.4) is 0 Å². The summed E-state index contributed by atoms with van der Waals surface area (Å²) in [5.41, 5.74) is 18.7. The van der Waals surface area contributed by atoms with E-state index in [1.807, 2.05) is 0 Å². The number of nitrogens with zero attached hydrogens (tertiary/aromatic N) is 1. The van der Waals surface area contributed by atoms with Crippen LogP contribution < -0.4 is 4.90 Å². The molecule has 0 N–H and O–H groups in total. The summed E-state index contributed by atoms with van der Waals surface area (Å²) in [5, 5.41) is 0. The van der Waals surface area contributed by atoms with Crippen LogP contribution in [0.5, 0.6) is 0 Å². The average molecular weight is 678 g/mol. The van der Waals surface area contributed by atoms with Crippen LogP contribution in [-0.2, 0) is 10.8 Å². The standard InChI is InChI=1S/C52H39N/c1-51(2)47-21-11-13-23-49(47)52(50-24-14-12-22-48(50)51)45-20-10-9-19-43(45)44-35-39(29-34-46(44)52)38-27-32-42(33-28-38)53(40-17-7-4-8-18-40)41-30-25-37(26-31-41)36-15-5-3-6-16-36/h3-35H,1-2H3. The smallest absolute Gasteiger partial charge is 0.0719 e. The zero-order valence-corrected chi connectivity index (χ0v) is 30.0. The maximum atomic E-state index is 2.43.